The van der Waals surface area contributed by atoms with Gasteiger partial charge in [0.2, 0.25) is 5.91 Å². The summed E-state index contributed by atoms with van der Waals surface area (Å²) in [6, 6.07) is 8.15. The summed E-state index contributed by atoms with van der Waals surface area (Å²) in [6.45, 7) is 14.7. The first kappa shape index (κ1) is 32.0. The van der Waals surface area contributed by atoms with E-state index >= 15 is 0 Å². The van der Waals surface area contributed by atoms with Crippen molar-refractivity contribution in [3.8, 4) is 5.75 Å². The molecule has 0 bridgehead atoms. The minimum Gasteiger partial charge on any atom is -0.508 e. The number of carbonyl (C=O) groups excluding carboxylic acids is 3. The molecule has 9 heteroatoms. The van der Waals surface area contributed by atoms with Gasteiger partial charge in [0.25, 0.3) is 5.91 Å². The number of alkyl carbamates (subject to hydrolysis) is 1. The number of aromatic hydroxyl groups is 1. The van der Waals surface area contributed by atoms with Crippen LogP contribution in [-0.4, -0.2) is 46.1 Å². The molecule has 0 aromatic heterocycles. The van der Waals surface area contributed by atoms with Crippen LogP contribution in [0, 0.1) is 19.8 Å². The number of anilines is 1. The number of amides is 3. The Morgan fingerprint density at radius 2 is 1.74 bits per heavy atom. The largest absolute Gasteiger partial charge is 0.508 e. The van der Waals surface area contributed by atoms with Crippen LogP contribution in [0.15, 0.2) is 36.4 Å². The van der Waals surface area contributed by atoms with Gasteiger partial charge in [0, 0.05) is 6.54 Å². The molecule has 0 fully saturated rings. The van der Waals surface area contributed by atoms with Crippen molar-refractivity contribution in [3.05, 3.63) is 58.1 Å². The highest BCUT2D eigenvalue weighted by atomic mass is 35.5. The Morgan fingerprint density at radius 3 is 2.28 bits per heavy atom. The van der Waals surface area contributed by atoms with Crippen LogP contribution >= 0.6 is 11.6 Å². The van der Waals surface area contributed by atoms with Gasteiger partial charge in [-0.1, -0.05) is 57.0 Å². The third kappa shape index (κ3) is 8.88. The van der Waals surface area contributed by atoms with Crippen molar-refractivity contribution in [2.24, 2.45) is 5.92 Å². The van der Waals surface area contributed by atoms with Crippen molar-refractivity contribution in [2.45, 2.75) is 85.9 Å². The monoisotopic (exact) mass is 559 g/mol. The molecule has 2 aromatic rings. The Kier molecular flexibility index (Phi) is 11.2. The number of phenolic OH excluding ortho intramolecular Hbond substituents is 1. The summed E-state index contributed by atoms with van der Waals surface area (Å²) in [6.07, 6.45) is 0.704. The topological polar surface area (TPSA) is 108 Å². The number of aryl methyl sites for hydroxylation is 2. The fourth-order valence-electron chi connectivity index (χ4n) is 4.13. The van der Waals surface area contributed by atoms with E-state index in [9.17, 15) is 19.5 Å². The molecule has 2 rings (SSSR count). The molecular weight excluding hydrogens is 518 g/mol. The molecule has 8 nitrogen and oxygen atoms in total. The second-order valence-electron chi connectivity index (χ2n) is 11.1. The number of hydrogen-bond acceptors (Lipinski definition) is 5. The quantitative estimate of drug-likeness (QED) is 0.307. The smallest absolute Gasteiger partial charge is 0.408 e. The van der Waals surface area contributed by atoms with Crippen molar-refractivity contribution in [1.82, 2.24) is 10.2 Å². The average molecular weight is 560 g/mol. The fourth-order valence-corrected chi connectivity index (χ4v) is 4.39. The van der Waals surface area contributed by atoms with Crippen LogP contribution in [-0.2, 0) is 14.3 Å². The van der Waals surface area contributed by atoms with E-state index in [2.05, 4.69) is 10.6 Å². The Labute approximate surface area is 237 Å². The number of nitrogens with zero attached hydrogens (tertiary/aromatic N) is 1. The molecule has 0 aliphatic rings. The van der Waals surface area contributed by atoms with Crippen LogP contribution in [0.5, 0.6) is 5.75 Å². The van der Waals surface area contributed by atoms with Gasteiger partial charge in [0.15, 0.2) is 0 Å². The minimum atomic E-state index is -1.05. The van der Waals surface area contributed by atoms with E-state index in [0.717, 1.165) is 12.0 Å². The van der Waals surface area contributed by atoms with E-state index in [1.807, 2.05) is 33.8 Å². The predicted octanol–water partition coefficient (Wildman–Crippen LogP) is 6.52. The summed E-state index contributed by atoms with van der Waals surface area (Å²) in [7, 11) is 0. The lowest BCUT2D eigenvalue weighted by Crippen LogP contribution is -2.54. The van der Waals surface area contributed by atoms with Crippen molar-refractivity contribution >= 4 is 35.2 Å². The molecular formula is C30H42ClN3O5. The molecule has 0 saturated heterocycles. The molecule has 0 spiro atoms. The van der Waals surface area contributed by atoms with Crippen molar-refractivity contribution < 1.29 is 24.2 Å². The van der Waals surface area contributed by atoms with E-state index < -0.39 is 35.6 Å². The molecule has 0 saturated carbocycles. The van der Waals surface area contributed by atoms with Crippen molar-refractivity contribution in [3.63, 3.8) is 0 Å². The lowest BCUT2D eigenvalue weighted by molar-refractivity contribution is -0.141. The zero-order valence-electron chi connectivity index (χ0n) is 24.2. The Balaban J connectivity index is 2.59. The molecule has 0 radical (unpaired) electrons. The van der Waals surface area contributed by atoms with Crippen molar-refractivity contribution in [2.75, 3.05) is 11.9 Å². The highest BCUT2D eigenvalue weighted by Gasteiger charge is 2.37. The van der Waals surface area contributed by atoms with Gasteiger partial charge >= 0.3 is 6.09 Å². The zero-order valence-corrected chi connectivity index (χ0v) is 25.0. The maximum absolute atomic E-state index is 14.1. The van der Waals surface area contributed by atoms with Gasteiger partial charge in [-0.05, 0) is 81.8 Å². The summed E-state index contributed by atoms with van der Waals surface area (Å²) >= 11 is 6.41. The van der Waals surface area contributed by atoms with Gasteiger partial charge in [-0.2, -0.15) is 0 Å². The van der Waals surface area contributed by atoms with Crippen LogP contribution < -0.4 is 10.6 Å². The molecule has 0 aliphatic heterocycles. The lowest BCUT2D eigenvalue weighted by atomic mass is 9.97. The maximum Gasteiger partial charge on any atom is 0.408 e. The molecule has 3 amide bonds. The van der Waals surface area contributed by atoms with Crippen LogP contribution in [0.2, 0.25) is 5.02 Å². The Hall–Kier alpha value is -3.26. The number of phenols is 1. The number of benzene rings is 2. The number of halogens is 1. The van der Waals surface area contributed by atoms with Gasteiger partial charge < -0.3 is 25.4 Å². The summed E-state index contributed by atoms with van der Waals surface area (Å²) < 4.78 is 5.41. The summed E-state index contributed by atoms with van der Waals surface area (Å²) in [5, 5.41) is 16.2. The minimum absolute atomic E-state index is 0.0814. The second-order valence-corrected chi connectivity index (χ2v) is 11.5. The highest BCUT2D eigenvalue weighted by Crippen LogP contribution is 2.31. The summed E-state index contributed by atoms with van der Waals surface area (Å²) in [5.74, 6) is -1.07. The third-order valence-electron chi connectivity index (χ3n) is 6.21. The van der Waals surface area contributed by atoms with E-state index in [1.54, 1.807) is 52.0 Å². The Morgan fingerprint density at radius 1 is 1.08 bits per heavy atom. The number of nitrogens with one attached hydrogen (secondary N) is 2. The molecule has 0 aliphatic carbocycles. The van der Waals surface area contributed by atoms with E-state index in [0.29, 0.717) is 28.3 Å². The molecule has 2 atom stereocenters. The van der Waals surface area contributed by atoms with Gasteiger partial charge in [0.1, 0.15) is 23.4 Å². The highest BCUT2D eigenvalue weighted by molar-refractivity contribution is 6.34. The van der Waals surface area contributed by atoms with E-state index in [4.69, 9.17) is 16.3 Å². The maximum atomic E-state index is 14.1. The molecule has 214 valence electrons. The Bertz CT molecular complexity index is 1160. The van der Waals surface area contributed by atoms with Crippen LogP contribution in [0.3, 0.4) is 0 Å². The normalized spacial score (nSPS) is 13.0. The fraction of sp³-hybridized carbons (Fsp3) is 0.500. The van der Waals surface area contributed by atoms with Crippen LogP contribution in [0.4, 0.5) is 10.5 Å². The van der Waals surface area contributed by atoms with Gasteiger partial charge in [0.05, 0.1) is 10.7 Å². The predicted molar refractivity (Wildman–Crippen MR) is 155 cm³/mol. The van der Waals surface area contributed by atoms with Crippen LogP contribution in [0.25, 0.3) is 0 Å². The standard InChI is InChI=1S/C30H42ClN3O5/c1-9-10-16-34(28(37)24(18(2)3)33-29(38)39-30(6,7)8)26(21-14-15-23(35)20(5)17-21)27(36)32-25-19(4)12-11-13-22(25)31/h11-15,17-18,24,26,35H,9-10,16H2,1-8H3,(H,32,36)(H,33,38). The summed E-state index contributed by atoms with van der Waals surface area (Å²) in [4.78, 5) is 42.3. The van der Waals surface area contributed by atoms with Gasteiger partial charge in [-0.15, -0.1) is 0 Å². The lowest BCUT2D eigenvalue weighted by Gasteiger charge is -2.36. The number of carbonyl (C=O) groups is 3. The third-order valence-corrected chi connectivity index (χ3v) is 6.52. The number of hydrogen-bond donors (Lipinski definition) is 3. The molecule has 2 aromatic carbocycles. The zero-order chi connectivity index (χ0) is 29.5. The van der Waals surface area contributed by atoms with Crippen LogP contribution in [0.1, 0.15) is 77.1 Å². The molecule has 2 unspecified atom stereocenters. The second kappa shape index (κ2) is 13.7. The first-order valence-corrected chi connectivity index (χ1v) is 13.7. The number of ether oxygens (including phenoxy) is 1. The number of unbranched alkanes of at least 4 members (excludes halogenated alkanes) is 1. The number of para-hydroxylation sites is 1. The van der Waals surface area contributed by atoms with Gasteiger partial charge in [-0.3, -0.25) is 9.59 Å². The van der Waals surface area contributed by atoms with Crippen molar-refractivity contribution in [1.29, 1.82) is 0 Å². The number of rotatable bonds is 10. The molecule has 3 N–H and O–H groups in total. The first-order valence-electron chi connectivity index (χ1n) is 13.3. The SMILES string of the molecule is CCCCN(C(=O)C(NC(=O)OC(C)(C)C)C(C)C)C(C(=O)Nc1c(C)cccc1Cl)c1ccc(O)c(C)c1. The van der Waals surface area contributed by atoms with E-state index in [-0.39, 0.29) is 18.2 Å². The molecule has 0 heterocycles. The molecule has 39 heavy (non-hydrogen) atoms. The first-order chi connectivity index (χ1) is 18.2. The summed E-state index contributed by atoms with van der Waals surface area (Å²) in [5.41, 5.74) is 1.58. The van der Waals surface area contributed by atoms with E-state index in [1.165, 1.54) is 11.0 Å². The average Bonchev–Trinajstić information content (AvgIpc) is 2.82. The van der Waals surface area contributed by atoms with Gasteiger partial charge in [-0.25, -0.2) is 4.79 Å².